The second-order valence-corrected chi connectivity index (χ2v) is 7.70. The third kappa shape index (κ3) is 5.32. The Balaban J connectivity index is 1.73. The van der Waals surface area contributed by atoms with Crippen LogP contribution in [-0.2, 0) is 0 Å². The Bertz CT molecular complexity index is 1280. The average Bonchev–Trinajstić information content (AvgIpc) is 2.82. The molecule has 1 heterocycles. The number of aliphatic hydroxyl groups is 1. The summed E-state index contributed by atoms with van der Waals surface area (Å²) in [4.78, 5) is 16.9. The number of rotatable bonds is 6. The quantitative estimate of drug-likeness (QED) is 0.353. The molecule has 4 aromatic rings. The Hall–Kier alpha value is -3.84. The van der Waals surface area contributed by atoms with Gasteiger partial charge in [-0.3, -0.25) is 0 Å². The van der Waals surface area contributed by atoms with Gasteiger partial charge in [0.15, 0.2) is 0 Å². The van der Waals surface area contributed by atoms with Crippen molar-refractivity contribution in [2.24, 2.45) is 0 Å². The maximum Gasteiger partial charge on any atom is 0.319 e. The number of carbonyl (C=O) groups excluding carboxylic acids is 1. The van der Waals surface area contributed by atoms with Crippen molar-refractivity contribution in [2.75, 3.05) is 11.9 Å². The molecule has 0 radical (unpaired) electrons. The molecule has 1 aromatic heterocycles. The summed E-state index contributed by atoms with van der Waals surface area (Å²) in [6.45, 7) is 1.99. The number of nitrogens with one attached hydrogen (secondary N) is 2. The van der Waals surface area contributed by atoms with Crippen LogP contribution in [0, 0.1) is 11.6 Å². The van der Waals surface area contributed by atoms with Gasteiger partial charge in [0.05, 0.1) is 17.3 Å². The molecule has 0 aliphatic carbocycles. The molecule has 0 fully saturated rings. The monoisotopic (exact) mass is 447 g/mol. The molecule has 3 N–H and O–H groups in total. The van der Waals surface area contributed by atoms with Gasteiger partial charge < -0.3 is 15.7 Å². The molecular formula is C26H23F2N3O2. The largest absolute Gasteiger partial charge is 0.391 e. The maximum absolute atomic E-state index is 13.5. The molecule has 168 valence electrons. The maximum atomic E-state index is 13.5. The van der Waals surface area contributed by atoms with Gasteiger partial charge in [0, 0.05) is 28.7 Å². The van der Waals surface area contributed by atoms with Gasteiger partial charge in [0.2, 0.25) is 0 Å². The predicted molar refractivity (Wildman–Crippen MR) is 126 cm³/mol. The van der Waals surface area contributed by atoms with E-state index in [2.05, 4.69) is 10.6 Å². The molecule has 7 heteroatoms. The first-order valence-electron chi connectivity index (χ1n) is 10.6. The summed E-state index contributed by atoms with van der Waals surface area (Å²) in [7, 11) is 0. The van der Waals surface area contributed by atoms with Crippen molar-refractivity contribution in [1.82, 2.24) is 10.3 Å². The Morgan fingerprint density at radius 1 is 0.939 bits per heavy atom. The lowest BCUT2D eigenvalue weighted by Crippen LogP contribution is -2.34. The molecule has 33 heavy (non-hydrogen) atoms. The van der Waals surface area contributed by atoms with Crippen molar-refractivity contribution < 1.29 is 18.7 Å². The van der Waals surface area contributed by atoms with Gasteiger partial charge in [-0.15, -0.1) is 0 Å². The van der Waals surface area contributed by atoms with Crippen molar-refractivity contribution in [3.05, 3.63) is 84.4 Å². The van der Waals surface area contributed by atoms with Gasteiger partial charge in [-0.25, -0.2) is 18.6 Å². The van der Waals surface area contributed by atoms with E-state index < -0.39 is 12.1 Å². The number of hydrogen-bond acceptors (Lipinski definition) is 3. The topological polar surface area (TPSA) is 74.2 Å². The zero-order valence-electron chi connectivity index (χ0n) is 18.0. The third-order valence-corrected chi connectivity index (χ3v) is 5.31. The van der Waals surface area contributed by atoms with Crippen LogP contribution in [0.3, 0.4) is 0 Å². The molecule has 4 rings (SSSR count). The van der Waals surface area contributed by atoms with E-state index in [1.165, 1.54) is 24.3 Å². The molecule has 3 aromatic carbocycles. The summed E-state index contributed by atoms with van der Waals surface area (Å²) in [5.41, 5.74) is 4.13. The van der Waals surface area contributed by atoms with E-state index in [1.54, 1.807) is 42.5 Å². The number of pyridine rings is 1. The second kappa shape index (κ2) is 9.75. The van der Waals surface area contributed by atoms with Crippen molar-refractivity contribution in [3.63, 3.8) is 0 Å². The average molecular weight is 447 g/mol. The number of benzene rings is 3. The van der Waals surface area contributed by atoms with E-state index in [9.17, 15) is 18.7 Å². The van der Waals surface area contributed by atoms with Crippen molar-refractivity contribution >= 4 is 22.6 Å². The lowest BCUT2D eigenvalue weighted by atomic mass is 9.97. The van der Waals surface area contributed by atoms with E-state index in [1.807, 2.05) is 13.0 Å². The van der Waals surface area contributed by atoms with Crippen LogP contribution in [0.1, 0.15) is 13.3 Å². The summed E-state index contributed by atoms with van der Waals surface area (Å²) in [6.07, 6.45) is -0.0514. The van der Waals surface area contributed by atoms with Crippen molar-refractivity contribution in [2.45, 2.75) is 19.4 Å². The van der Waals surface area contributed by atoms with Crippen LogP contribution in [0.5, 0.6) is 0 Å². The van der Waals surface area contributed by atoms with Crippen molar-refractivity contribution in [1.29, 1.82) is 0 Å². The van der Waals surface area contributed by atoms with Gasteiger partial charge >= 0.3 is 6.03 Å². The number of aliphatic hydroxyl groups excluding tert-OH is 1. The number of halogens is 2. The standard InChI is InChI=1S/C26H23F2N3O2/c1-2-22(32)15-29-26(33)30-21-11-12-24-18(13-21)14-23(16-3-7-19(27)8-4-16)25(31-24)17-5-9-20(28)10-6-17/h3-14,22,32H,2,15H2,1H3,(H2,29,30,33). The Kier molecular flexibility index (Phi) is 6.60. The fourth-order valence-corrected chi connectivity index (χ4v) is 3.46. The predicted octanol–water partition coefficient (Wildman–Crippen LogP) is 5.74. The van der Waals surface area contributed by atoms with E-state index in [0.29, 0.717) is 23.3 Å². The lowest BCUT2D eigenvalue weighted by Gasteiger charge is -2.14. The number of fused-ring (bicyclic) bond motifs is 1. The van der Waals surface area contributed by atoms with Gasteiger partial charge in [0.25, 0.3) is 0 Å². The molecule has 1 atom stereocenters. The number of nitrogens with zero attached hydrogens (tertiary/aromatic N) is 1. The highest BCUT2D eigenvalue weighted by Crippen LogP contribution is 2.34. The number of anilines is 1. The third-order valence-electron chi connectivity index (χ3n) is 5.31. The number of aromatic nitrogens is 1. The van der Waals surface area contributed by atoms with E-state index in [-0.39, 0.29) is 18.2 Å². The summed E-state index contributed by atoms with van der Waals surface area (Å²) in [5, 5.41) is 15.8. The number of urea groups is 1. The molecule has 0 bridgehead atoms. The number of amides is 2. The van der Waals surface area contributed by atoms with Crippen LogP contribution in [0.4, 0.5) is 19.3 Å². The van der Waals surface area contributed by atoms with E-state index >= 15 is 0 Å². The molecule has 0 saturated carbocycles. The van der Waals surface area contributed by atoms with Gasteiger partial charge in [-0.2, -0.15) is 0 Å². The minimum absolute atomic E-state index is 0.160. The first-order chi connectivity index (χ1) is 15.9. The van der Waals surface area contributed by atoms with Gasteiger partial charge in [-0.05, 0) is 72.6 Å². The molecule has 1 unspecified atom stereocenters. The first-order valence-corrected chi connectivity index (χ1v) is 10.6. The van der Waals surface area contributed by atoms with Crippen LogP contribution in [0.25, 0.3) is 33.3 Å². The number of hydrogen-bond donors (Lipinski definition) is 3. The Morgan fingerprint density at radius 3 is 2.21 bits per heavy atom. The fraction of sp³-hybridized carbons (Fsp3) is 0.154. The zero-order valence-corrected chi connectivity index (χ0v) is 18.0. The Morgan fingerprint density at radius 2 is 1.58 bits per heavy atom. The Labute approximate surface area is 190 Å². The first kappa shape index (κ1) is 22.4. The molecule has 2 amide bonds. The minimum Gasteiger partial charge on any atom is -0.391 e. The van der Waals surface area contributed by atoms with Crippen LogP contribution in [0.15, 0.2) is 72.8 Å². The molecule has 0 saturated heterocycles. The molecule has 0 aliphatic heterocycles. The van der Waals surface area contributed by atoms with E-state index in [0.717, 1.165) is 22.1 Å². The van der Waals surface area contributed by atoms with Crippen molar-refractivity contribution in [3.8, 4) is 22.4 Å². The van der Waals surface area contributed by atoms with Gasteiger partial charge in [-0.1, -0.05) is 19.1 Å². The highest BCUT2D eigenvalue weighted by molar-refractivity contribution is 5.96. The molecule has 0 aliphatic rings. The van der Waals surface area contributed by atoms with E-state index in [4.69, 9.17) is 4.98 Å². The van der Waals surface area contributed by atoms with Crippen LogP contribution >= 0.6 is 0 Å². The second-order valence-electron chi connectivity index (χ2n) is 7.70. The highest BCUT2D eigenvalue weighted by atomic mass is 19.1. The van der Waals surface area contributed by atoms with Crippen LogP contribution in [-0.4, -0.2) is 28.8 Å². The smallest absolute Gasteiger partial charge is 0.319 e. The van der Waals surface area contributed by atoms with Crippen LogP contribution in [0.2, 0.25) is 0 Å². The minimum atomic E-state index is -0.597. The zero-order chi connectivity index (χ0) is 23.4. The van der Waals surface area contributed by atoms with Gasteiger partial charge in [0.1, 0.15) is 11.6 Å². The summed E-state index contributed by atoms with van der Waals surface area (Å²) >= 11 is 0. The summed E-state index contributed by atoms with van der Waals surface area (Å²) < 4.78 is 27.0. The number of carbonyl (C=O) groups is 1. The molecular weight excluding hydrogens is 424 g/mol. The lowest BCUT2D eigenvalue weighted by molar-refractivity contribution is 0.168. The fourth-order valence-electron chi connectivity index (χ4n) is 3.46. The SMILES string of the molecule is CCC(O)CNC(=O)Nc1ccc2nc(-c3ccc(F)cc3)c(-c3ccc(F)cc3)cc2c1. The van der Waals surface area contributed by atoms with Crippen LogP contribution < -0.4 is 10.6 Å². The highest BCUT2D eigenvalue weighted by Gasteiger charge is 2.13. The molecule has 5 nitrogen and oxygen atoms in total. The summed E-state index contributed by atoms with van der Waals surface area (Å²) in [5.74, 6) is -0.690. The molecule has 0 spiro atoms. The normalized spacial score (nSPS) is 11.9. The summed E-state index contributed by atoms with van der Waals surface area (Å²) in [6, 6.07) is 18.9.